The van der Waals surface area contributed by atoms with Crippen LogP contribution in [-0.2, 0) is 9.47 Å². The molecule has 1 saturated heterocycles. The lowest BCUT2D eigenvalue weighted by atomic mass is 10.0. The van der Waals surface area contributed by atoms with Gasteiger partial charge in [0.05, 0.1) is 13.2 Å². The smallest absolute Gasteiger partial charge is 0.157 e. The highest BCUT2D eigenvalue weighted by Gasteiger charge is 2.24. The van der Waals surface area contributed by atoms with Gasteiger partial charge in [-0.25, -0.2) is 0 Å². The van der Waals surface area contributed by atoms with Crippen molar-refractivity contribution in [2.75, 3.05) is 20.3 Å². The summed E-state index contributed by atoms with van der Waals surface area (Å²) in [6, 6.07) is 0. The Kier molecular flexibility index (Phi) is 4.29. The summed E-state index contributed by atoms with van der Waals surface area (Å²) >= 11 is 0. The Morgan fingerprint density at radius 1 is 1.58 bits per heavy atom. The molecule has 3 nitrogen and oxygen atoms in total. The zero-order chi connectivity index (χ0) is 8.81. The van der Waals surface area contributed by atoms with Gasteiger partial charge in [0, 0.05) is 13.0 Å². The van der Waals surface area contributed by atoms with Crippen molar-refractivity contribution in [1.82, 2.24) is 0 Å². The zero-order valence-corrected chi connectivity index (χ0v) is 7.40. The van der Waals surface area contributed by atoms with Gasteiger partial charge in [-0.15, -0.1) is 0 Å². The average molecular weight is 172 g/mol. The lowest BCUT2D eigenvalue weighted by molar-refractivity contribution is -0.0814. The monoisotopic (exact) mass is 172 g/mol. The Hall–Kier alpha value is -0.380. The molecule has 1 aliphatic heterocycles. The van der Waals surface area contributed by atoms with Gasteiger partial charge in [-0.1, -0.05) is 12.2 Å². The minimum Gasteiger partial charge on any atom is -0.381 e. The summed E-state index contributed by atoms with van der Waals surface area (Å²) in [5.41, 5.74) is 0. The van der Waals surface area contributed by atoms with Gasteiger partial charge in [0.25, 0.3) is 0 Å². The van der Waals surface area contributed by atoms with Crippen molar-refractivity contribution in [3.05, 3.63) is 12.2 Å². The molecule has 0 saturated carbocycles. The van der Waals surface area contributed by atoms with E-state index in [4.69, 9.17) is 9.47 Å². The summed E-state index contributed by atoms with van der Waals surface area (Å²) in [5, 5.41) is 9.26. The zero-order valence-electron chi connectivity index (χ0n) is 7.40. The molecule has 2 atom stereocenters. The van der Waals surface area contributed by atoms with Gasteiger partial charge in [-0.2, -0.15) is 0 Å². The molecule has 3 heteroatoms. The maximum absolute atomic E-state index is 9.26. The minimum atomic E-state index is -0.558. The molecule has 0 radical (unpaired) electrons. The number of aliphatic hydroxyl groups excluding tert-OH is 1. The number of hydrogen-bond donors (Lipinski definition) is 1. The van der Waals surface area contributed by atoms with Gasteiger partial charge >= 0.3 is 0 Å². The third-order valence-electron chi connectivity index (χ3n) is 2.05. The Balaban J connectivity index is 2.13. The van der Waals surface area contributed by atoms with E-state index < -0.39 is 6.29 Å². The second-order valence-corrected chi connectivity index (χ2v) is 2.97. The lowest BCUT2D eigenvalue weighted by Gasteiger charge is -2.09. The van der Waals surface area contributed by atoms with Crippen molar-refractivity contribution >= 4 is 0 Å². The van der Waals surface area contributed by atoms with E-state index in [9.17, 15) is 5.11 Å². The first kappa shape index (κ1) is 9.71. The van der Waals surface area contributed by atoms with Crippen LogP contribution in [0, 0.1) is 5.92 Å². The van der Waals surface area contributed by atoms with E-state index in [1.165, 1.54) is 0 Å². The Morgan fingerprint density at radius 2 is 2.42 bits per heavy atom. The molecule has 70 valence electrons. The van der Waals surface area contributed by atoms with E-state index in [2.05, 4.69) is 0 Å². The fourth-order valence-corrected chi connectivity index (χ4v) is 1.29. The van der Waals surface area contributed by atoms with Gasteiger partial charge in [-0.05, 0) is 12.8 Å². The number of allylic oxidation sites excluding steroid dienone is 1. The SMILES string of the molecule is COC/C=C\CC1CCOC1O. The summed E-state index contributed by atoms with van der Waals surface area (Å²) < 4.78 is 9.87. The number of aliphatic hydroxyl groups is 1. The van der Waals surface area contributed by atoms with Crippen molar-refractivity contribution in [2.24, 2.45) is 5.92 Å². The molecule has 1 fully saturated rings. The quantitative estimate of drug-likeness (QED) is 0.641. The number of rotatable bonds is 4. The molecule has 1 N–H and O–H groups in total. The third kappa shape index (κ3) is 2.93. The molecule has 0 aromatic heterocycles. The molecule has 0 aromatic rings. The predicted octanol–water partition coefficient (Wildman–Crippen LogP) is 0.934. The van der Waals surface area contributed by atoms with E-state index in [0.717, 1.165) is 12.8 Å². The van der Waals surface area contributed by atoms with Crippen molar-refractivity contribution in [3.63, 3.8) is 0 Å². The van der Waals surface area contributed by atoms with E-state index in [-0.39, 0.29) is 5.92 Å². The summed E-state index contributed by atoms with van der Waals surface area (Å²) in [4.78, 5) is 0. The average Bonchev–Trinajstić information content (AvgIpc) is 2.46. The number of hydrogen-bond acceptors (Lipinski definition) is 3. The Labute approximate surface area is 73.0 Å². The summed E-state index contributed by atoms with van der Waals surface area (Å²) in [5.74, 6) is 0.276. The summed E-state index contributed by atoms with van der Waals surface area (Å²) in [6.45, 7) is 1.33. The van der Waals surface area contributed by atoms with E-state index in [1.54, 1.807) is 7.11 Å². The Bertz CT molecular complexity index is 145. The Morgan fingerprint density at radius 3 is 3.00 bits per heavy atom. The van der Waals surface area contributed by atoms with Crippen molar-refractivity contribution < 1.29 is 14.6 Å². The van der Waals surface area contributed by atoms with E-state index in [1.807, 2.05) is 12.2 Å². The topological polar surface area (TPSA) is 38.7 Å². The van der Waals surface area contributed by atoms with Crippen LogP contribution in [0.5, 0.6) is 0 Å². The van der Waals surface area contributed by atoms with Crippen LogP contribution in [0.4, 0.5) is 0 Å². The van der Waals surface area contributed by atoms with Crippen LogP contribution in [0.2, 0.25) is 0 Å². The highest BCUT2D eigenvalue weighted by Crippen LogP contribution is 2.22. The molecule has 0 aromatic carbocycles. The fraction of sp³-hybridized carbons (Fsp3) is 0.778. The molecule has 0 bridgehead atoms. The second kappa shape index (κ2) is 5.30. The first-order chi connectivity index (χ1) is 5.84. The van der Waals surface area contributed by atoms with Crippen molar-refractivity contribution in [1.29, 1.82) is 0 Å². The minimum absolute atomic E-state index is 0.276. The normalized spacial score (nSPS) is 30.2. The fourth-order valence-electron chi connectivity index (χ4n) is 1.29. The van der Waals surface area contributed by atoms with E-state index in [0.29, 0.717) is 13.2 Å². The van der Waals surface area contributed by atoms with Crippen molar-refractivity contribution in [2.45, 2.75) is 19.1 Å². The first-order valence-corrected chi connectivity index (χ1v) is 4.28. The molecule has 0 amide bonds. The molecule has 12 heavy (non-hydrogen) atoms. The molecular formula is C9H16O3. The third-order valence-corrected chi connectivity index (χ3v) is 2.05. The van der Waals surface area contributed by atoms with Crippen LogP contribution in [0.15, 0.2) is 12.2 Å². The first-order valence-electron chi connectivity index (χ1n) is 4.28. The number of methoxy groups -OCH3 is 1. The predicted molar refractivity (Wildman–Crippen MR) is 45.7 cm³/mol. The molecule has 0 aliphatic carbocycles. The highest BCUT2D eigenvalue weighted by molar-refractivity contribution is 4.85. The van der Waals surface area contributed by atoms with Crippen LogP contribution in [0.25, 0.3) is 0 Å². The highest BCUT2D eigenvalue weighted by atomic mass is 16.6. The van der Waals surface area contributed by atoms with Crippen LogP contribution < -0.4 is 0 Å². The van der Waals surface area contributed by atoms with E-state index >= 15 is 0 Å². The van der Waals surface area contributed by atoms with Gasteiger partial charge in [0.15, 0.2) is 6.29 Å². The summed E-state index contributed by atoms with van der Waals surface area (Å²) in [7, 11) is 1.66. The summed E-state index contributed by atoms with van der Waals surface area (Å²) in [6.07, 6.45) is 5.28. The van der Waals surface area contributed by atoms with Crippen LogP contribution in [-0.4, -0.2) is 31.7 Å². The van der Waals surface area contributed by atoms with Crippen LogP contribution in [0.1, 0.15) is 12.8 Å². The second-order valence-electron chi connectivity index (χ2n) is 2.97. The maximum atomic E-state index is 9.26. The van der Waals surface area contributed by atoms with Gasteiger partial charge < -0.3 is 14.6 Å². The molecular weight excluding hydrogens is 156 g/mol. The maximum Gasteiger partial charge on any atom is 0.157 e. The van der Waals surface area contributed by atoms with Crippen LogP contribution >= 0.6 is 0 Å². The van der Waals surface area contributed by atoms with Gasteiger partial charge in [0.1, 0.15) is 0 Å². The largest absolute Gasteiger partial charge is 0.381 e. The lowest BCUT2D eigenvalue weighted by Crippen LogP contribution is -2.13. The van der Waals surface area contributed by atoms with Crippen LogP contribution in [0.3, 0.4) is 0 Å². The van der Waals surface area contributed by atoms with Crippen molar-refractivity contribution in [3.8, 4) is 0 Å². The molecule has 1 rings (SSSR count). The van der Waals surface area contributed by atoms with Gasteiger partial charge in [0.2, 0.25) is 0 Å². The molecule has 2 unspecified atom stereocenters. The molecule has 1 aliphatic rings. The van der Waals surface area contributed by atoms with Gasteiger partial charge in [-0.3, -0.25) is 0 Å². The molecule has 0 spiro atoms. The molecule has 1 heterocycles. The number of ether oxygens (including phenoxy) is 2. The standard InChI is InChI=1S/C9H16O3/c1-11-6-3-2-4-8-5-7-12-9(8)10/h2-3,8-10H,4-7H2,1H3/b3-2-.